The molecule has 0 aliphatic carbocycles. The standard InChI is InChI=1S/C18H23NO3S/c1-5-22-17(20)16(19-23(21)18(2,3)4)15-12-8-10-13-9-6-7-11-14(13)15/h6-12,16,19H,5H2,1-4H3/t16-,23?/m1/s1. The van der Waals surface area contributed by atoms with Crippen molar-refractivity contribution >= 4 is 27.7 Å². The zero-order valence-corrected chi connectivity index (χ0v) is 14.8. The molecule has 0 spiro atoms. The Bertz CT molecular complexity index is 716. The largest absolute Gasteiger partial charge is 0.465 e. The maximum atomic E-state index is 12.5. The Morgan fingerprint density at radius 3 is 2.48 bits per heavy atom. The van der Waals surface area contributed by atoms with Gasteiger partial charge in [-0.1, -0.05) is 42.5 Å². The van der Waals surface area contributed by atoms with Gasteiger partial charge in [0.25, 0.3) is 0 Å². The summed E-state index contributed by atoms with van der Waals surface area (Å²) in [6.45, 7) is 7.63. The van der Waals surface area contributed by atoms with Crippen LogP contribution in [0.5, 0.6) is 0 Å². The van der Waals surface area contributed by atoms with Gasteiger partial charge >= 0.3 is 5.97 Å². The van der Waals surface area contributed by atoms with Crippen molar-refractivity contribution in [3.05, 3.63) is 48.0 Å². The summed E-state index contributed by atoms with van der Waals surface area (Å²) in [5.74, 6) is -0.415. The Labute approximate surface area is 139 Å². The molecule has 0 fully saturated rings. The molecule has 0 aromatic heterocycles. The predicted molar refractivity (Wildman–Crippen MR) is 94.4 cm³/mol. The normalized spacial score (nSPS) is 14.4. The van der Waals surface area contributed by atoms with Gasteiger partial charge in [0.2, 0.25) is 0 Å². The maximum absolute atomic E-state index is 12.5. The zero-order valence-electron chi connectivity index (χ0n) is 14.0. The molecule has 2 aromatic carbocycles. The summed E-state index contributed by atoms with van der Waals surface area (Å²) in [5.41, 5.74) is 0.777. The highest BCUT2D eigenvalue weighted by Crippen LogP contribution is 2.26. The Hall–Kier alpha value is -1.72. The van der Waals surface area contributed by atoms with Gasteiger partial charge in [0.05, 0.1) is 22.3 Å². The second kappa shape index (κ2) is 7.23. The minimum atomic E-state index is -1.39. The summed E-state index contributed by atoms with van der Waals surface area (Å²) >= 11 is 0. The first-order valence-corrected chi connectivity index (χ1v) is 8.82. The van der Waals surface area contributed by atoms with E-state index >= 15 is 0 Å². The van der Waals surface area contributed by atoms with Gasteiger partial charge in [-0.25, -0.2) is 13.7 Å². The molecule has 0 heterocycles. The van der Waals surface area contributed by atoms with E-state index in [0.717, 1.165) is 16.3 Å². The third kappa shape index (κ3) is 4.18. The fraction of sp³-hybridized carbons (Fsp3) is 0.389. The van der Waals surface area contributed by atoms with E-state index < -0.39 is 27.7 Å². The maximum Gasteiger partial charge on any atom is 0.328 e. The number of ether oxygens (including phenoxy) is 1. The molecular weight excluding hydrogens is 310 g/mol. The van der Waals surface area contributed by atoms with Gasteiger partial charge in [-0.15, -0.1) is 0 Å². The minimum Gasteiger partial charge on any atom is -0.465 e. The Balaban J connectivity index is 2.48. The van der Waals surface area contributed by atoms with Crippen LogP contribution in [-0.2, 0) is 20.5 Å². The van der Waals surface area contributed by atoms with Gasteiger partial charge in [-0.2, -0.15) is 0 Å². The van der Waals surface area contributed by atoms with Crippen LogP contribution < -0.4 is 4.72 Å². The van der Waals surface area contributed by atoms with Gasteiger partial charge in [0, 0.05) is 0 Å². The van der Waals surface area contributed by atoms with Gasteiger partial charge in [0.1, 0.15) is 6.04 Å². The molecule has 2 rings (SSSR count). The molecule has 0 saturated carbocycles. The van der Waals surface area contributed by atoms with Crippen LogP contribution in [0, 0.1) is 0 Å². The summed E-state index contributed by atoms with van der Waals surface area (Å²) < 4.78 is 20.1. The zero-order chi connectivity index (χ0) is 17.0. The molecular formula is C18H23NO3S. The first-order valence-electron chi connectivity index (χ1n) is 7.67. The van der Waals surface area contributed by atoms with Crippen molar-refractivity contribution in [1.29, 1.82) is 0 Å². The van der Waals surface area contributed by atoms with E-state index in [1.165, 1.54) is 0 Å². The lowest BCUT2D eigenvalue weighted by Crippen LogP contribution is -2.39. The summed E-state index contributed by atoms with van der Waals surface area (Å²) in [6.07, 6.45) is 0. The number of fused-ring (bicyclic) bond motifs is 1. The first-order chi connectivity index (χ1) is 10.8. The highest BCUT2D eigenvalue weighted by atomic mass is 32.2. The fourth-order valence-corrected chi connectivity index (χ4v) is 3.04. The highest BCUT2D eigenvalue weighted by Gasteiger charge is 2.29. The topological polar surface area (TPSA) is 55.4 Å². The van der Waals surface area contributed by atoms with Gasteiger partial charge < -0.3 is 4.74 Å². The quantitative estimate of drug-likeness (QED) is 0.852. The molecule has 0 radical (unpaired) electrons. The highest BCUT2D eigenvalue weighted by molar-refractivity contribution is 7.84. The number of nitrogens with one attached hydrogen (secondary N) is 1. The SMILES string of the molecule is CCOC(=O)[C@H](NS(=O)C(C)(C)C)c1cccc2ccccc12. The lowest BCUT2D eigenvalue weighted by Gasteiger charge is -2.24. The number of rotatable bonds is 5. The van der Waals surface area contributed by atoms with Crippen LogP contribution >= 0.6 is 0 Å². The molecule has 0 aliphatic rings. The van der Waals surface area contributed by atoms with Crippen LogP contribution in [0.25, 0.3) is 10.8 Å². The molecule has 0 aliphatic heterocycles. The molecule has 1 unspecified atom stereocenters. The smallest absolute Gasteiger partial charge is 0.328 e. The number of carbonyl (C=O) groups is 1. The average Bonchev–Trinajstić information content (AvgIpc) is 2.51. The third-order valence-corrected chi connectivity index (χ3v) is 5.00. The average molecular weight is 333 g/mol. The van der Waals surface area contributed by atoms with Crippen LogP contribution in [-0.4, -0.2) is 21.5 Å². The van der Waals surface area contributed by atoms with Gasteiger partial charge in [-0.3, -0.25) is 0 Å². The van der Waals surface area contributed by atoms with Crippen molar-refractivity contribution in [3.63, 3.8) is 0 Å². The van der Waals surface area contributed by atoms with Crippen LogP contribution in [0.1, 0.15) is 39.3 Å². The minimum absolute atomic E-state index is 0.282. The summed E-state index contributed by atoms with van der Waals surface area (Å²) in [6, 6.07) is 12.8. The fourth-order valence-electron chi connectivity index (χ4n) is 2.25. The second-order valence-electron chi connectivity index (χ2n) is 6.25. The number of carbonyl (C=O) groups excluding carboxylic acids is 1. The molecule has 0 amide bonds. The van der Waals surface area contributed by atoms with Crippen LogP contribution in [0.3, 0.4) is 0 Å². The summed E-state index contributed by atoms with van der Waals surface area (Å²) in [5, 5.41) is 1.98. The second-order valence-corrected chi connectivity index (χ2v) is 8.25. The Morgan fingerprint density at radius 2 is 1.83 bits per heavy atom. The van der Waals surface area contributed by atoms with E-state index in [9.17, 15) is 9.00 Å². The van der Waals surface area contributed by atoms with E-state index in [2.05, 4.69) is 4.72 Å². The molecule has 4 nitrogen and oxygen atoms in total. The summed E-state index contributed by atoms with van der Waals surface area (Å²) in [4.78, 5) is 12.4. The van der Waals surface area contributed by atoms with Crippen molar-refractivity contribution in [2.45, 2.75) is 38.5 Å². The van der Waals surface area contributed by atoms with Gasteiger partial charge in [0.15, 0.2) is 0 Å². The van der Waals surface area contributed by atoms with Crippen LogP contribution in [0.15, 0.2) is 42.5 Å². The van der Waals surface area contributed by atoms with E-state index in [-0.39, 0.29) is 6.61 Å². The van der Waals surface area contributed by atoms with Crippen molar-refractivity contribution in [1.82, 2.24) is 4.72 Å². The van der Waals surface area contributed by atoms with Crippen LogP contribution in [0.4, 0.5) is 0 Å². The molecule has 2 aromatic rings. The van der Waals surface area contributed by atoms with Crippen molar-refractivity contribution in [2.24, 2.45) is 0 Å². The van der Waals surface area contributed by atoms with Crippen molar-refractivity contribution < 1.29 is 13.7 Å². The molecule has 2 atom stereocenters. The number of esters is 1. The number of benzene rings is 2. The van der Waals surface area contributed by atoms with Gasteiger partial charge in [-0.05, 0) is 44.0 Å². The summed E-state index contributed by atoms with van der Waals surface area (Å²) in [7, 11) is -1.39. The lowest BCUT2D eigenvalue weighted by atomic mass is 9.99. The Kier molecular flexibility index (Phi) is 5.55. The van der Waals surface area contributed by atoms with Crippen molar-refractivity contribution in [2.75, 3.05) is 6.61 Å². The third-order valence-electron chi connectivity index (χ3n) is 3.44. The van der Waals surface area contributed by atoms with E-state index in [4.69, 9.17) is 4.74 Å². The van der Waals surface area contributed by atoms with E-state index in [1.54, 1.807) is 6.92 Å². The predicted octanol–water partition coefficient (Wildman–Crippen LogP) is 3.50. The molecule has 1 N–H and O–H groups in total. The van der Waals surface area contributed by atoms with E-state index in [0.29, 0.717) is 0 Å². The van der Waals surface area contributed by atoms with Crippen molar-refractivity contribution in [3.8, 4) is 0 Å². The number of hydrogen-bond acceptors (Lipinski definition) is 3. The molecule has 124 valence electrons. The molecule has 23 heavy (non-hydrogen) atoms. The molecule has 5 heteroatoms. The first kappa shape index (κ1) is 17.6. The Morgan fingerprint density at radius 1 is 1.17 bits per heavy atom. The van der Waals surface area contributed by atoms with Crippen LogP contribution in [0.2, 0.25) is 0 Å². The number of hydrogen-bond donors (Lipinski definition) is 1. The lowest BCUT2D eigenvalue weighted by molar-refractivity contribution is -0.145. The molecule has 0 saturated heterocycles. The monoisotopic (exact) mass is 333 g/mol. The molecule has 0 bridgehead atoms. The van der Waals surface area contributed by atoms with E-state index in [1.807, 2.05) is 63.2 Å².